The molecular formula is C25H23N5O3S. The van der Waals surface area contributed by atoms with E-state index >= 15 is 0 Å². The van der Waals surface area contributed by atoms with Crippen LogP contribution in [0.2, 0.25) is 0 Å². The first kappa shape index (κ1) is 21.8. The molecule has 0 radical (unpaired) electrons. The minimum absolute atomic E-state index is 0.0906. The Morgan fingerprint density at radius 1 is 1.03 bits per heavy atom. The number of aromatic nitrogens is 3. The molecule has 1 aliphatic heterocycles. The molecule has 1 aliphatic rings. The molecule has 2 amide bonds. The van der Waals surface area contributed by atoms with Crippen molar-refractivity contribution in [2.75, 3.05) is 26.2 Å². The molecule has 34 heavy (non-hydrogen) atoms. The minimum atomic E-state index is -0.197. The Bertz CT molecular complexity index is 1320. The summed E-state index contributed by atoms with van der Waals surface area (Å²) in [6.45, 7) is 3.60. The van der Waals surface area contributed by atoms with Gasteiger partial charge in [-0.2, -0.15) is 5.10 Å². The molecule has 0 unspecified atom stereocenters. The van der Waals surface area contributed by atoms with Crippen LogP contribution in [0, 0.1) is 6.92 Å². The van der Waals surface area contributed by atoms with Crippen LogP contribution in [0.1, 0.15) is 21.8 Å². The van der Waals surface area contributed by atoms with Crippen LogP contribution < -0.4 is 0 Å². The van der Waals surface area contributed by atoms with E-state index in [1.165, 1.54) is 0 Å². The van der Waals surface area contributed by atoms with E-state index in [0.717, 1.165) is 21.8 Å². The van der Waals surface area contributed by atoms with Gasteiger partial charge < -0.3 is 14.3 Å². The third-order valence-corrected chi connectivity index (χ3v) is 6.52. The number of para-hydroxylation sites is 1. The van der Waals surface area contributed by atoms with Gasteiger partial charge in [0.15, 0.2) is 0 Å². The van der Waals surface area contributed by atoms with Crippen molar-refractivity contribution < 1.29 is 14.1 Å². The predicted octanol–water partition coefficient (Wildman–Crippen LogP) is 3.90. The summed E-state index contributed by atoms with van der Waals surface area (Å²) < 4.78 is 6.91. The molecule has 4 heterocycles. The maximum absolute atomic E-state index is 12.9. The van der Waals surface area contributed by atoms with E-state index in [2.05, 4.69) is 5.16 Å². The van der Waals surface area contributed by atoms with Crippen molar-refractivity contribution in [3.8, 4) is 16.3 Å². The molecule has 172 valence electrons. The van der Waals surface area contributed by atoms with E-state index in [4.69, 9.17) is 9.62 Å². The summed E-state index contributed by atoms with van der Waals surface area (Å²) in [4.78, 5) is 29.9. The Morgan fingerprint density at radius 3 is 2.47 bits per heavy atom. The zero-order chi connectivity index (χ0) is 23.5. The van der Waals surface area contributed by atoms with E-state index in [1.807, 2.05) is 64.8 Å². The van der Waals surface area contributed by atoms with Crippen LogP contribution >= 0.6 is 11.3 Å². The fourth-order valence-corrected chi connectivity index (χ4v) is 4.57. The van der Waals surface area contributed by atoms with Crippen LogP contribution in [-0.2, 0) is 4.79 Å². The number of carbonyl (C=O) groups excluding carboxylic acids is 2. The molecule has 0 spiro atoms. The lowest BCUT2D eigenvalue weighted by molar-refractivity contribution is -0.127. The minimum Gasteiger partial charge on any atom is -0.351 e. The average Bonchev–Trinajstić information content (AvgIpc) is 3.63. The summed E-state index contributed by atoms with van der Waals surface area (Å²) >= 11 is 1.61. The highest BCUT2D eigenvalue weighted by Gasteiger charge is 2.26. The molecule has 0 aliphatic carbocycles. The highest BCUT2D eigenvalue weighted by atomic mass is 32.1. The molecular weight excluding hydrogens is 450 g/mol. The molecule has 1 saturated heterocycles. The Labute approximate surface area is 200 Å². The normalized spacial score (nSPS) is 14.1. The summed E-state index contributed by atoms with van der Waals surface area (Å²) in [5, 5.41) is 10.5. The van der Waals surface area contributed by atoms with Crippen LogP contribution in [0.25, 0.3) is 22.3 Å². The van der Waals surface area contributed by atoms with Crippen molar-refractivity contribution in [2.24, 2.45) is 0 Å². The summed E-state index contributed by atoms with van der Waals surface area (Å²) in [6, 6.07) is 15.5. The number of carbonyl (C=O) groups is 2. The lowest BCUT2D eigenvalue weighted by atomic mass is 10.2. The maximum atomic E-state index is 12.9. The largest absolute Gasteiger partial charge is 0.351 e. The Balaban J connectivity index is 1.28. The van der Waals surface area contributed by atoms with Gasteiger partial charge in [0.25, 0.3) is 5.91 Å². The third kappa shape index (κ3) is 4.55. The third-order valence-electron chi connectivity index (χ3n) is 5.64. The number of piperazine rings is 1. The highest BCUT2D eigenvalue weighted by Crippen LogP contribution is 2.28. The predicted molar refractivity (Wildman–Crippen MR) is 130 cm³/mol. The maximum Gasteiger partial charge on any atom is 0.292 e. The number of hydrogen-bond acceptors (Lipinski definition) is 6. The number of hydrogen-bond donors (Lipinski definition) is 0. The second kappa shape index (κ2) is 9.48. The second-order valence-corrected chi connectivity index (χ2v) is 8.92. The van der Waals surface area contributed by atoms with Gasteiger partial charge in [0, 0.05) is 50.1 Å². The fraction of sp³-hybridized carbons (Fsp3) is 0.200. The average molecular weight is 474 g/mol. The molecule has 4 aromatic rings. The number of benzene rings is 1. The fourth-order valence-electron chi connectivity index (χ4n) is 3.84. The molecule has 0 N–H and O–H groups in total. The van der Waals surface area contributed by atoms with Gasteiger partial charge in [0.2, 0.25) is 11.7 Å². The Hall–Kier alpha value is -3.98. The number of amides is 2. The smallest absolute Gasteiger partial charge is 0.292 e. The van der Waals surface area contributed by atoms with Gasteiger partial charge in [-0.05, 0) is 36.6 Å². The quantitative estimate of drug-likeness (QED) is 0.411. The first-order valence-corrected chi connectivity index (χ1v) is 11.8. The Kier molecular flexibility index (Phi) is 6.09. The van der Waals surface area contributed by atoms with Crippen LogP contribution in [0.15, 0.2) is 70.7 Å². The van der Waals surface area contributed by atoms with Gasteiger partial charge >= 0.3 is 0 Å². The molecule has 1 aromatic carbocycles. The first-order valence-electron chi connectivity index (χ1n) is 11.0. The van der Waals surface area contributed by atoms with Crippen LogP contribution in [-0.4, -0.2) is 62.7 Å². The SMILES string of the molecule is Cc1cc(C(=O)N2CCN(C(=O)/C=C/c3cn(-c4ccccc4)nc3-c3cccs3)CC2)on1. The Morgan fingerprint density at radius 2 is 1.79 bits per heavy atom. The van der Waals surface area contributed by atoms with Crippen LogP contribution in [0.3, 0.4) is 0 Å². The number of thiophene rings is 1. The van der Waals surface area contributed by atoms with Crippen molar-refractivity contribution in [1.29, 1.82) is 0 Å². The summed E-state index contributed by atoms with van der Waals surface area (Å²) in [7, 11) is 0. The monoisotopic (exact) mass is 473 g/mol. The van der Waals surface area contributed by atoms with Gasteiger partial charge in [-0.1, -0.05) is 29.4 Å². The van der Waals surface area contributed by atoms with E-state index in [-0.39, 0.29) is 17.6 Å². The van der Waals surface area contributed by atoms with E-state index in [0.29, 0.717) is 31.9 Å². The number of nitrogens with zero attached hydrogens (tertiary/aromatic N) is 5. The second-order valence-electron chi connectivity index (χ2n) is 7.97. The highest BCUT2D eigenvalue weighted by molar-refractivity contribution is 7.13. The number of aryl methyl sites for hydroxylation is 1. The van der Waals surface area contributed by atoms with Crippen molar-refractivity contribution in [1.82, 2.24) is 24.7 Å². The van der Waals surface area contributed by atoms with Crippen molar-refractivity contribution in [2.45, 2.75) is 6.92 Å². The van der Waals surface area contributed by atoms with Crippen molar-refractivity contribution in [3.63, 3.8) is 0 Å². The standard InChI is InChI=1S/C25H23N5O3S/c1-18-16-21(33-27-18)25(32)29-13-11-28(12-14-29)23(31)10-9-19-17-30(20-6-3-2-4-7-20)26-24(19)22-8-5-15-34-22/h2-10,15-17H,11-14H2,1H3/b10-9+. The molecule has 0 bridgehead atoms. The van der Waals surface area contributed by atoms with Crippen LogP contribution in [0.4, 0.5) is 0 Å². The molecule has 8 nitrogen and oxygen atoms in total. The molecule has 1 fully saturated rings. The molecule has 9 heteroatoms. The van der Waals surface area contributed by atoms with Gasteiger partial charge in [-0.25, -0.2) is 4.68 Å². The van der Waals surface area contributed by atoms with Gasteiger partial charge in [0.05, 0.1) is 16.3 Å². The summed E-state index contributed by atoms with van der Waals surface area (Å²) in [5.74, 6) is -0.0573. The zero-order valence-corrected chi connectivity index (χ0v) is 19.4. The molecule has 3 aromatic heterocycles. The van der Waals surface area contributed by atoms with E-state index < -0.39 is 0 Å². The van der Waals surface area contributed by atoms with Crippen LogP contribution in [0.5, 0.6) is 0 Å². The number of rotatable bonds is 5. The lowest BCUT2D eigenvalue weighted by Crippen LogP contribution is -2.50. The molecule has 0 saturated carbocycles. The van der Waals surface area contributed by atoms with Gasteiger partial charge in [-0.15, -0.1) is 11.3 Å². The van der Waals surface area contributed by atoms with Gasteiger partial charge in [-0.3, -0.25) is 9.59 Å². The zero-order valence-electron chi connectivity index (χ0n) is 18.6. The summed E-state index contributed by atoms with van der Waals surface area (Å²) in [6.07, 6.45) is 5.34. The lowest BCUT2D eigenvalue weighted by Gasteiger charge is -2.33. The summed E-state index contributed by atoms with van der Waals surface area (Å²) in [5.41, 5.74) is 3.32. The van der Waals surface area contributed by atoms with Crippen molar-refractivity contribution >= 4 is 29.2 Å². The molecule has 0 atom stereocenters. The van der Waals surface area contributed by atoms with E-state index in [9.17, 15) is 9.59 Å². The van der Waals surface area contributed by atoms with Crippen molar-refractivity contribution in [3.05, 3.63) is 83.2 Å². The van der Waals surface area contributed by atoms with Gasteiger partial charge in [0.1, 0.15) is 5.69 Å². The topological polar surface area (TPSA) is 84.5 Å². The first-order chi connectivity index (χ1) is 16.6. The van der Waals surface area contributed by atoms with E-state index in [1.54, 1.807) is 40.2 Å². The molecule has 5 rings (SSSR count).